The van der Waals surface area contributed by atoms with E-state index < -0.39 is 0 Å². The van der Waals surface area contributed by atoms with Crippen LogP contribution in [0, 0.1) is 6.92 Å². The second kappa shape index (κ2) is 8.11. The first kappa shape index (κ1) is 15.0. The van der Waals surface area contributed by atoms with Gasteiger partial charge in [-0.2, -0.15) is 0 Å². The van der Waals surface area contributed by atoms with Gasteiger partial charge in [0.2, 0.25) is 0 Å². The first-order valence-corrected chi connectivity index (χ1v) is 6.86. The highest BCUT2D eigenvalue weighted by atomic mass is 16.5. The Bertz CT molecular complexity index is 348. The van der Waals surface area contributed by atoms with Crippen molar-refractivity contribution in [1.82, 2.24) is 4.90 Å². The molecule has 0 saturated heterocycles. The molecule has 2 N–H and O–H groups in total. The van der Waals surface area contributed by atoms with Crippen molar-refractivity contribution in [1.29, 1.82) is 0 Å². The Morgan fingerprint density at radius 2 is 1.94 bits per heavy atom. The van der Waals surface area contributed by atoms with E-state index in [1.54, 1.807) is 0 Å². The summed E-state index contributed by atoms with van der Waals surface area (Å²) in [6.07, 6.45) is 0.877. The molecule has 0 aliphatic rings. The number of nitrogens with zero attached hydrogens (tertiary/aromatic N) is 1. The predicted molar refractivity (Wildman–Crippen MR) is 77.2 cm³/mol. The number of rotatable bonds is 8. The van der Waals surface area contributed by atoms with Gasteiger partial charge in [-0.3, -0.25) is 0 Å². The average Bonchev–Trinajstić information content (AvgIpc) is 2.37. The Hall–Kier alpha value is -1.06. The van der Waals surface area contributed by atoms with Gasteiger partial charge in [-0.05, 0) is 44.6 Å². The van der Waals surface area contributed by atoms with E-state index in [0.717, 1.165) is 38.4 Å². The Labute approximate surface area is 111 Å². The van der Waals surface area contributed by atoms with Gasteiger partial charge < -0.3 is 15.4 Å². The molecule has 0 bridgehead atoms. The van der Waals surface area contributed by atoms with Crippen LogP contribution in [0.2, 0.25) is 0 Å². The maximum Gasteiger partial charge on any atom is 0.122 e. The summed E-state index contributed by atoms with van der Waals surface area (Å²) in [4.78, 5) is 2.36. The number of hydrogen-bond donors (Lipinski definition) is 1. The highest BCUT2D eigenvalue weighted by molar-refractivity contribution is 5.37. The molecule has 3 heteroatoms. The molecule has 0 spiro atoms. The molecule has 0 aromatic heterocycles. The molecule has 102 valence electrons. The van der Waals surface area contributed by atoms with Gasteiger partial charge >= 0.3 is 0 Å². The van der Waals surface area contributed by atoms with Crippen molar-refractivity contribution < 1.29 is 4.74 Å². The summed E-state index contributed by atoms with van der Waals surface area (Å²) in [6.45, 7) is 11.0. The van der Waals surface area contributed by atoms with Gasteiger partial charge in [0.05, 0.1) is 0 Å². The summed E-state index contributed by atoms with van der Waals surface area (Å²) >= 11 is 0. The van der Waals surface area contributed by atoms with Crippen molar-refractivity contribution >= 4 is 0 Å². The van der Waals surface area contributed by atoms with Crippen molar-refractivity contribution in [2.75, 3.05) is 32.8 Å². The molecule has 0 fully saturated rings. The van der Waals surface area contributed by atoms with Crippen LogP contribution in [0.15, 0.2) is 18.2 Å². The minimum atomic E-state index is 0.663. The third kappa shape index (κ3) is 4.67. The Kier molecular flexibility index (Phi) is 6.76. The van der Waals surface area contributed by atoms with Crippen LogP contribution in [-0.2, 0) is 6.42 Å². The molecule has 0 unspecified atom stereocenters. The summed E-state index contributed by atoms with van der Waals surface area (Å²) in [6, 6.07) is 6.31. The molecule has 1 aromatic carbocycles. The van der Waals surface area contributed by atoms with Crippen LogP contribution >= 0.6 is 0 Å². The van der Waals surface area contributed by atoms with Crippen LogP contribution in [0.25, 0.3) is 0 Å². The Morgan fingerprint density at radius 1 is 1.22 bits per heavy atom. The zero-order chi connectivity index (χ0) is 13.4. The van der Waals surface area contributed by atoms with Crippen LogP contribution in [-0.4, -0.2) is 37.7 Å². The summed E-state index contributed by atoms with van der Waals surface area (Å²) < 4.78 is 5.88. The second-order valence-corrected chi connectivity index (χ2v) is 4.53. The van der Waals surface area contributed by atoms with E-state index in [2.05, 4.69) is 43.9 Å². The third-order valence-corrected chi connectivity index (χ3v) is 3.19. The molecule has 0 heterocycles. The highest BCUT2D eigenvalue weighted by Crippen LogP contribution is 2.20. The molecule has 0 aliphatic carbocycles. The molecule has 0 atom stereocenters. The first-order chi connectivity index (χ1) is 8.71. The number of hydrogen-bond acceptors (Lipinski definition) is 3. The zero-order valence-electron chi connectivity index (χ0n) is 11.9. The summed E-state index contributed by atoms with van der Waals surface area (Å²) in [5, 5.41) is 0. The largest absolute Gasteiger partial charge is 0.492 e. The fourth-order valence-electron chi connectivity index (χ4n) is 2.02. The topological polar surface area (TPSA) is 38.5 Å². The fraction of sp³-hybridized carbons (Fsp3) is 0.600. The van der Waals surface area contributed by atoms with E-state index in [1.165, 1.54) is 11.1 Å². The number of likely N-dealkylation sites (N-methyl/N-ethyl adjacent to an activating group) is 1. The van der Waals surface area contributed by atoms with Crippen molar-refractivity contribution in [3.63, 3.8) is 0 Å². The molecular formula is C15H26N2O. The minimum absolute atomic E-state index is 0.663. The van der Waals surface area contributed by atoms with Crippen molar-refractivity contribution in [3.05, 3.63) is 29.3 Å². The van der Waals surface area contributed by atoms with Crippen LogP contribution in [0.1, 0.15) is 25.0 Å². The molecule has 0 aliphatic heterocycles. The SMILES string of the molecule is CCN(CC)CCOc1ccc(C)cc1CCN. The normalized spacial score (nSPS) is 10.9. The molecular weight excluding hydrogens is 224 g/mol. The standard InChI is InChI=1S/C15H26N2O/c1-4-17(5-2)10-11-18-15-7-6-13(3)12-14(15)8-9-16/h6-7,12H,4-5,8-11,16H2,1-3H3. The van der Waals surface area contributed by atoms with Gasteiger partial charge in [0.25, 0.3) is 0 Å². The predicted octanol–water partition coefficient (Wildman–Crippen LogP) is 2.22. The number of benzene rings is 1. The lowest BCUT2D eigenvalue weighted by Gasteiger charge is -2.19. The van der Waals surface area contributed by atoms with Crippen molar-refractivity contribution in [2.24, 2.45) is 5.73 Å². The zero-order valence-corrected chi connectivity index (χ0v) is 11.9. The second-order valence-electron chi connectivity index (χ2n) is 4.53. The third-order valence-electron chi connectivity index (χ3n) is 3.19. The van der Waals surface area contributed by atoms with Gasteiger partial charge in [0.15, 0.2) is 0 Å². The van der Waals surface area contributed by atoms with E-state index in [9.17, 15) is 0 Å². The summed E-state index contributed by atoms with van der Waals surface area (Å²) in [7, 11) is 0. The lowest BCUT2D eigenvalue weighted by Crippen LogP contribution is -2.28. The van der Waals surface area contributed by atoms with E-state index in [0.29, 0.717) is 6.54 Å². The number of ether oxygens (including phenoxy) is 1. The maximum absolute atomic E-state index is 5.88. The van der Waals surface area contributed by atoms with Crippen molar-refractivity contribution in [3.8, 4) is 5.75 Å². The molecule has 1 rings (SSSR count). The number of nitrogens with two attached hydrogens (primary N) is 1. The lowest BCUT2D eigenvalue weighted by atomic mass is 10.1. The maximum atomic E-state index is 5.88. The van der Waals surface area contributed by atoms with Crippen LogP contribution in [0.5, 0.6) is 5.75 Å². The number of aryl methyl sites for hydroxylation is 1. The van der Waals surface area contributed by atoms with Gasteiger partial charge in [-0.1, -0.05) is 31.5 Å². The van der Waals surface area contributed by atoms with E-state index in [1.807, 2.05) is 0 Å². The van der Waals surface area contributed by atoms with E-state index >= 15 is 0 Å². The van der Waals surface area contributed by atoms with Gasteiger partial charge in [0, 0.05) is 6.54 Å². The van der Waals surface area contributed by atoms with Crippen LogP contribution in [0.3, 0.4) is 0 Å². The molecule has 0 saturated carbocycles. The van der Waals surface area contributed by atoms with E-state index in [4.69, 9.17) is 10.5 Å². The Morgan fingerprint density at radius 3 is 2.56 bits per heavy atom. The quantitative estimate of drug-likeness (QED) is 0.769. The first-order valence-electron chi connectivity index (χ1n) is 6.86. The van der Waals surface area contributed by atoms with Gasteiger partial charge in [-0.15, -0.1) is 0 Å². The smallest absolute Gasteiger partial charge is 0.122 e. The minimum Gasteiger partial charge on any atom is -0.492 e. The van der Waals surface area contributed by atoms with Gasteiger partial charge in [-0.25, -0.2) is 0 Å². The molecule has 3 nitrogen and oxygen atoms in total. The molecule has 0 amide bonds. The van der Waals surface area contributed by atoms with Crippen LogP contribution < -0.4 is 10.5 Å². The van der Waals surface area contributed by atoms with Gasteiger partial charge in [0.1, 0.15) is 12.4 Å². The molecule has 1 aromatic rings. The molecule has 0 radical (unpaired) electrons. The van der Waals surface area contributed by atoms with Crippen molar-refractivity contribution in [2.45, 2.75) is 27.2 Å². The fourth-order valence-corrected chi connectivity index (χ4v) is 2.02. The summed E-state index contributed by atoms with van der Waals surface area (Å²) in [5.74, 6) is 0.984. The molecule has 18 heavy (non-hydrogen) atoms. The summed E-state index contributed by atoms with van der Waals surface area (Å²) in [5.41, 5.74) is 8.11. The average molecular weight is 250 g/mol. The monoisotopic (exact) mass is 250 g/mol. The Balaban J connectivity index is 2.55. The van der Waals surface area contributed by atoms with E-state index in [-0.39, 0.29) is 0 Å². The highest BCUT2D eigenvalue weighted by Gasteiger charge is 2.05. The van der Waals surface area contributed by atoms with Crippen LogP contribution in [0.4, 0.5) is 0 Å². The lowest BCUT2D eigenvalue weighted by molar-refractivity contribution is 0.221.